The first-order valence-electron chi connectivity index (χ1n) is 8.48. The van der Waals surface area contributed by atoms with Gasteiger partial charge in [-0.25, -0.2) is 8.42 Å². The second-order valence-electron chi connectivity index (χ2n) is 5.93. The minimum atomic E-state index is -3.81. The Balaban J connectivity index is 1.76. The van der Waals surface area contributed by atoms with Crippen molar-refractivity contribution in [3.8, 4) is 5.75 Å². The summed E-state index contributed by atoms with van der Waals surface area (Å²) < 4.78 is 30.9. The first kappa shape index (κ1) is 20.6. The van der Waals surface area contributed by atoms with Gasteiger partial charge in [-0.3, -0.25) is 9.78 Å². The summed E-state index contributed by atoms with van der Waals surface area (Å²) >= 11 is 5.90. The van der Waals surface area contributed by atoms with Gasteiger partial charge in [-0.05, 0) is 54.1 Å². The molecule has 0 saturated heterocycles. The number of methoxy groups -OCH3 is 1. The SMILES string of the molecule is COc1cc(Cl)ccc1S(=O)(=O)c1ccc(NC(=O)C=Cc2cccnc2)cc1. The zero-order valence-corrected chi connectivity index (χ0v) is 16.9. The van der Waals surface area contributed by atoms with Crippen molar-refractivity contribution in [1.29, 1.82) is 0 Å². The number of hydrogen-bond acceptors (Lipinski definition) is 5. The number of aromatic nitrogens is 1. The summed E-state index contributed by atoms with van der Waals surface area (Å²) in [5.74, 6) is -0.181. The van der Waals surface area contributed by atoms with Crippen LogP contribution in [-0.4, -0.2) is 26.4 Å². The Morgan fingerprint density at radius 1 is 1.14 bits per heavy atom. The van der Waals surface area contributed by atoms with Gasteiger partial charge in [-0.2, -0.15) is 0 Å². The molecule has 0 aliphatic carbocycles. The molecular formula is C21H17ClN2O4S. The molecule has 0 unspecified atom stereocenters. The minimum absolute atomic E-state index is 0.0144. The van der Waals surface area contributed by atoms with Gasteiger partial charge in [0.2, 0.25) is 15.7 Å². The van der Waals surface area contributed by atoms with E-state index in [0.717, 1.165) is 5.56 Å². The molecule has 148 valence electrons. The molecule has 0 fully saturated rings. The normalized spacial score (nSPS) is 11.4. The molecule has 0 spiro atoms. The van der Waals surface area contributed by atoms with Crippen LogP contribution in [0.1, 0.15) is 5.56 Å². The molecule has 29 heavy (non-hydrogen) atoms. The Labute approximate surface area is 173 Å². The lowest BCUT2D eigenvalue weighted by molar-refractivity contribution is -0.111. The van der Waals surface area contributed by atoms with Crippen molar-refractivity contribution < 1.29 is 17.9 Å². The van der Waals surface area contributed by atoms with Crippen LogP contribution in [-0.2, 0) is 14.6 Å². The number of rotatable bonds is 6. The molecule has 1 aromatic heterocycles. The van der Waals surface area contributed by atoms with Crippen molar-refractivity contribution in [2.75, 3.05) is 12.4 Å². The Morgan fingerprint density at radius 3 is 2.55 bits per heavy atom. The molecule has 1 amide bonds. The smallest absolute Gasteiger partial charge is 0.248 e. The van der Waals surface area contributed by atoms with Gasteiger partial charge >= 0.3 is 0 Å². The Kier molecular flexibility index (Phi) is 6.31. The van der Waals surface area contributed by atoms with E-state index in [9.17, 15) is 13.2 Å². The van der Waals surface area contributed by atoms with Gasteiger partial charge in [0, 0.05) is 35.2 Å². The number of hydrogen-bond donors (Lipinski definition) is 1. The Bertz CT molecular complexity index is 1150. The van der Waals surface area contributed by atoms with Crippen LogP contribution in [0.3, 0.4) is 0 Å². The molecule has 3 aromatic rings. The van der Waals surface area contributed by atoms with Gasteiger partial charge in [-0.15, -0.1) is 0 Å². The van der Waals surface area contributed by atoms with Crippen LogP contribution in [0, 0.1) is 0 Å². The zero-order valence-electron chi connectivity index (χ0n) is 15.4. The quantitative estimate of drug-likeness (QED) is 0.594. The third kappa shape index (κ3) is 5.01. The molecule has 0 aliphatic rings. The van der Waals surface area contributed by atoms with E-state index >= 15 is 0 Å². The van der Waals surface area contributed by atoms with Crippen molar-refractivity contribution in [3.63, 3.8) is 0 Å². The van der Waals surface area contributed by atoms with Crippen LogP contribution >= 0.6 is 11.6 Å². The van der Waals surface area contributed by atoms with Gasteiger partial charge in [0.05, 0.1) is 12.0 Å². The molecule has 6 nitrogen and oxygen atoms in total. The molecule has 0 atom stereocenters. The molecule has 0 bridgehead atoms. The van der Waals surface area contributed by atoms with Gasteiger partial charge in [0.1, 0.15) is 10.6 Å². The largest absolute Gasteiger partial charge is 0.495 e. The highest BCUT2D eigenvalue weighted by atomic mass is 35.5. The average Bonchev–Trinajstić information content (AvgIpc) is 2.73. The number of nitrogens with one attached hydrogen (secondary N) is 1. The fourth-order valence-corrected chi connectivity index (χ4v) is 4.10. The highest BCUT2D eigenvalue weighted by molar-refractivity contribution is 7.91. The molecule has 0 saturated carbocycles. The first-order chi connectivity index (χ1) is 13.9. The van der Waals surface area contributed by atoms with E-state index in [4.69, 9.17) is 16.3 Å². The number of carbonyl (C=O) groups is 1. The third-order valence-electron chi connectivity index (χ3n) is 3.96. The van der Waals surface area contributed by atoms with Crippen LogP contribution in [0.4, 0.5) is 5.69 Å². The molecule has 8 heteroatoms. The number of ether oxygens (including phenoxy) is 1. The molecule has 0 radical (unpaired) electrons. The summed E-state index contributed by atoms with van der Waals surface area (Å²) in [4.78, 5) is 16.1. The van der Waals surface area contributed by atoms with Gasteiger partial charge < -0.3 is 10.1 Å². The fraction of sp³-hybridized carbons (Fsp3) is 0.0476. The van der Waals surface area contributed by atoms with Crippen LogP contribution in [0.5, 0.6) is 5.75 Å². The number of nitrogens with zero attached hydrogens (tertiary/aromatic N) is 1. The van der Waals surface area contributed by atoms with E-state index in [1.165, 1.54) is 55.7 Å². The van der Waals surface area contributed by atoms with Crippen molar-refractivity contribution in [3.05, 3.63) is 83.7 Å². The topological polar surface area (TPSA) is 85.4 Å². The monoisotopic (exact) mass is 428 g/mol. The summed E-state index contributed by atoms with van der Waals surface area (Å²) in [6, 6.07) is 13.8. The number of anilines is 1. The summed E-state index contributed by atoms with van der Waals surface area (Å²) in [7, 11) is -2.43. The molecule has 0 aliphatic heterocycles. The van der Waals surface area contributed by atoms with Crippen molar-refractivity contribution in [1.82, 2.24) is 4.98 Å². The number of halogens is 1. The number of amides is 1. The van der Waals surface area contributed by atoms with E-state index in [1.807, 2.05) is 6.07 Å². The zero-order chi connectivity index (χ0) is 20.9. The van der Waals surface area contributed by atoms with Crippen molar-refractivity contribution in [2.24, 2.45) is 0 Å². The summed E-state index contributed by atoms with van der Waals surface area (Å²) in [6.45, 7) is 0. The summed E-state index contributed by atoms with van der Waals surface area (Å²) in [5.41, 5.74) is 1.26. The maximum atomic E-state index is 12.9. The lowest BCUT2D eigenvalue weighted by atomic mass is 10.2. The maximum absolute atomic E-state index is 12.9. The van der Waals surface area contributed by atoms with E-state index in [1.54, 1.807) is 24.5 Å². The summed E-state index contributed by atoms with van der Waals surface area (Å²) in [6.07, 6.45) is 6.29. The van der Waals surface area contributed by atoms with E-state index in [2.05, 4.69) is 10.3 Å². The van der Waals surface area contributed by atoms with Gasteiger partial charge in [0.15, 0.2) is 0 Å². The lowest BCUT2D eigenvalue weighted by Gasteiger charge is -2.10. The van der Waals surface area contributed by atoms with Gasteiger partial charge in [-0.1, -0.05) is 17.7 Å². The fourth-order valence-electron chi connectivity index (χ4n) is 2.54. The van der Waals surface area contributed by atoms with Crippen LogP contribution < -0.4 is 10.1 Å². The highest BCUT2D eigenvalue weighted by Gasteiger charge is 2.22. The molecular weight excluding hydrogens is 412 g/mol. The van der Waals surface area contributed by atoms with Crippen molar-refractivity contribution >= 4 is 39.1 Å². The van der Waals surface area contributed by atoms with Gasteiger partial charge in [0.25, 0.3) is 0 Å². The molecule has 3 rings (SSSR count). The first-order valence-corrected chi connectivity index (χ1v) is 10.3. The number of sulfone groups is 1. The van der Waals surface area contributed by atoms with Crippen molar-refractivity contribution in [2.45, 2.75) is 9.79 Å². The second kappa shape index (κ2) is 8.89. The van der Waals surface area contributed by atoms with Crippen LogP contribution in [0.25, 0.3) is 6.08 Å². The van der Waals surface area contributed by atoms with E-state index < -0.39 is 9.84 Å². The average molecular weight is 429 g/mol. The van der Waals surface area contributed by atoms with E-state index in [0.29, 0.717) is 10.7 Å². The summed E-state index contributed by atoms with van der Waals surface area (Å²) in [5, 5.41) is 3.05. The second-order valence-corrected chi connectivity index (χ2v) is 8.29. The van der Waals surface area contributed by atoms with E-state index in [-0.39, 0.29) is 21.4 Å². The number of benzene rings is 2. The maximum Gasteiger partial charge on any atom is 0.248 e. The molecule has 1 N–H and O–H groups in total. The Morgan fingerprint density at radius 2 is 1.90 bits per heavy atom. The minimum Gasteiger partial charge on any atom is -0.495 e. The van der Waals surface area contributed by atoms with Crippen LogP contribution in [0.2, 0.25) is 5.02 Å². The lowest BCUT2D eigenvalue weighted by Crippen LogP contribution is -2.08. The highest BCUT2D eigenvalue weighted by Crippen LogP contribution is 2.32. The Hall–Kier alpha value is -3.16. The molecule has 2 aromatic carbocycles. The molecule has 1 heterocycles. The predicted molar refractivity (Wildman–Crippen MR) is 112 cm³/mol. The number of pyridine rings is 1. The van der Waals surface area contributed by atoms with Crippen LogP contribution in [0.15, 0.2) is 82.9 Å². The number of carbonyl (C=O) groups excluding carboxylic acids is 1. The predicted octanol–water partition coefficient (Wildman–Crippen LogP) is 4.23. The standard InChI is InChI=1S/C21H17ClN2O4S/c1-28-19-13-16(22)5-10-20(19)29(26,27)18-8-6-17(7-9-18)24-21(25)11-4-15-3-2-12-23-14-15/h2-14H,1H3,(H,24,25). The third-order valence-corrected chi connectivity index (χ3v) is 6.00.